The highest BCUT2D eigenvalue weighted by Crippen LogP contribution is 2.36. The zero-order valence-electron chi connectivity index (χ0n) is 52.1. The molecule has 0 bridgehead atoms. The molecular weight excluding hydrogens is 1200 g/mol. The number of hydrogen-bond acceptors (Lipinski definition) is 8. The van der Waals surface area contributed by atoms with Crippen LogP contribution in [-0.2, 0) is 28.2 Å². The minimum absolute atomic E-state index is 0. The third-order valence-electron chi connectivity index (χ3n) is 16.5. The minimum atomic E-state index is 0. The molecule has 0 radical (unpaired) electrons. The number of aryl methyl sites for hydroxylation is 11. The summed E-state index contributed by atoms with van der Waals surface area (Å²) in [6, 6.07) is 76.7. The Morgan fingerprint density at radius 1 is 0.304 bits per heavy atom. The molecule has 12 heteroatoms. The number of aromatic nitrogens is 8. The van der Waals surface area contributed by atoms with Gasteiger partial charge in [0.05, 0.1) is 26.7 Å². The summed E-state index contributed by atoms with van der Waals surface area (Å²) in [5, 5.41) is 3.24. The first-order valence-corrected chi connectivity index (χ1v) is 33.1. The lowest BCUT2D eigenvalue weighted by Gasteiger charge is -2.06. The molecule has 0 saturated heterocycles. The molecule has 7 aromatic carbocycles. The second kappa shape index (κ2) is 29.3. The molecule has 0 aliphatic carbocycles. The van der Waals surface area contributed by atoms with E-state index in [1.807, 2.05) is 11.6 Å². The summed E-state index contributed by atoms with van der Waals surface area (Å²) in [7, 11) is 8.40. The van der Waals surface area contributed by atoms with Crippen molar-refractivity contribution in [1.29, 1.82) is 0 Å². The summed E-state index contributed by atoms with van der Waals surface area (Å²) in [5.74, 6) is 0. The molecule has 0 atom stereocenters. The lowest BCUT2D eigenvalue weighted by atomic mass is 10.0. The fourth-order valence-corrected chi connectivity index (χ4v) is 15.4. The summed E-state index contributed by atoms with van der Waals surface area (Å²) >= 11 is 6.94. The number of nitrogens with zero attached hydrogens (tertiary/aromatic N) is 8. The molecule has 0 aliphatic heterocycles. The number of pyridine rings is 4. The van der Waals surface area contributed by atoms with Crippen molar-refractivity contribution >= 4 is 86.7 Å². The van der Waals surface area contributed by atoms with Gasteiger partial charge in [-0.1, -0.05) is 213 Å². The molecule has 462 valence electrons. The van der Waals surface area contributed by atoms with Crippen molar-refractivity contribution in [3.63, 3.8) is 0 Å². The average molecular weight is 1280 g/mol. The molecule has 0 aliphatic rings. The highest BCUT2D eigenvalue weighted by atomic mass is 32.1. The Kier molecular flexibility index (Phi) is 21.4. The highest BCUT2D eigenvalue weighted by molar-refractivity contribution is 7.22. The zero-order valence-corrected chi connectivity index (χ0v) is 55.3. The lowest BCUT2D eigenvalue weighted by molar-refractivity contribution is -0.635. The van der Waals surface area contributed by atoms with E-state index in [0.717, 1.165) is 37.5 Å². The highest BCUT2D eigenvalue weighted by Gasteiger charge is 2.25. The predicted octanol–water partition coefficient (Wildman–Crippen LogP) is 20.2. The van der Waals surface area contributed by atoms with E-state index >= 15 is 0 Å². The maximum Gasteiger partial charge on any atom is 0.342 e. The SMILES string of the molecule is C.C.C.Cc1ccc(-c2nc3c(ccc(-c4ccccc4C)[n+]3C)s2)cc1.Cc1ccccc1-c1ccc2ncsc2[n+]1C.Cc1ccccc1-c1ccc2sc(-c3c(C)cccc3C)nc2[n+]1C.Cc1ccccc1-c1ccc2sc(-c3ccccc3)nc2[n+]1C. The van der Waals surface area contributed by atoms with E-state index in [0.29, 0.717) is 0 Å². The van der Waals surface area contributed by atoms with Gasteiger partial charge in [-0.05, 0) is 170 Å². The van der Waals surface area contributed by atoms with E-state index in [1.165, 1.54) is 120 Å². The summed E-state index contributed by atoms with van der Waals surface area (Å²) in [5.41, 5.74) is 28.5. The van der Waals surface area contributed by atoms with Gasteiger partial charge in [0, 0.05) is 45.0 Å². The minimum Gasteiger partial charge on any atom is -0.238 e. The van der Waals surface area contributed by atoms with Crippen LogP contribution >= 0.6 is 45.3 Å². The van der Waals surface area contributed by atoms with Crippen LogP contribution in [0.3, 0.4) is 0 Å². The van der Waals surface area contributed by atoms with E-state index in [4.69, 9.17) is 15.0 Å². The van der Waals surface area contributed by atoms with Crippen LogP contribution in [0.1, 0.15) is 61.2 Å². The maximum absolute atomic E-state index is 5.00. The molecule has 15 aromatic rings. The lowest BCUT2D eigenvalue weighted by Crippen LogP contribution is -2.32. The Morgan fingerprint density at radius 2 is 0.641 bits per heavy atom. The summed E-state index contributed by atoms with van der Waals surface area (Å²) < 4.78 is 12.5. The fraction of sp³-hybridized carbons (Fsp3) is 0.175. The molecular formula is C80H82N8S4+4. The van der Waals surface area contributed by atoms with Gasteiger partial charge in [0.1, 0.15) is 43.7 Å². The standard InChI is InChI=1S/C22H21N2S.C21H19N2S.C20H17N2S.C14H13N2S.3CH4/c1-14-8-5-6-11-17(14)18-12-13-19-21(24(18)4)23-22(25-19)20-15(2)9-7-10-16(20)3;1-14-8-10-16(11-9-14)21-22-20-19(24-21)13-12-18(23(20)3)17-7-5-4-6-15(17)2;1-14-8-6-7-11-16(14)17-12-13-18-19(22(17)2)21-20(23-18)15-9-4-3-5-10-15;1-10-5-3-4-6-11(10)13-8-7-12-14(16(13)2)17-9-15-12;;;/h5-13H,1-4H3;4-13H,1-3H3;3-13H,1-2H3;3-9H,1-2H3;3*1H4/q4*+1;;;. The van der Waals surface area contributed by atoms with Crippen LogP contribution in [0.15, 0.2) is 224 Å². The van der Waals surface area contributed by atoms with Crippen LogP contribution in [-0.4, -0.2) is 19.9 Å². The Balaban J connectivity index is 0.000000145. The van der Waals surface area contributed by atoms with Crippen LogP contribution in [0.5, 0.6) is 0 Å². The van der Waals surface area contributed by atoms with Crippen molar-refractivity contribution in [3.8, 4) is 76.7 Å². The molecule has 8 heterocycles. The van der Waals surface area contributed by atoms with Crippen LogP contribution in [0.25, 0.3) is 118 Å². The topological polar surface area (TPSA) is 67.1 Å². The predicted molar refractivity (Wildman–Crippen MR) is 395 cm³/mol. The van der Waals surface area contributed by atoms with Gasteiger partial charge in [-0.15, -0.1) is 0 Å². The second-order valence-electron chi connectivity index (χ2n) is 22.5. The monoisotopic (exact) mass is 1280 g/mol. The Bertz CT molecular complexity index is 5040. The van der Waals surface area contributed by atoms with Gasteiger partial charge in [0.2, 0.25) is 20.7 Å². The van der Waals surface area contributed by atoms with Crippen LogP contribution in [0.2, 0.25) is 0 Å². The van der Waals surface area contributed by atoms with Crippen molar-refractivity contribution in [2.45, 2.75) is 70.7 Å². The fourth-order valence-electron chi connectivity index (χ4n) is 11.5. The number of hydrogen-bond donors (Lipinski definition) is 0. The molecule has 92 heavy (non-hydrogen) atoms. The van der Waals surface area contributed by atoms with E-state index in [-0.39, 0.29) is 22.3 Å². The van der Waals surface area contributed by atoms with Gasteiger partial charge in [-0.3, -0.25) is 0 Å². The van der Waals surface area contributed by atoms with Gasteiger partial charge in [0.15, 0.2) is 0 Å². The normalized spacial score (nSPS) is 10.7. The Morgan fingerprint density at radius 3 is 1.05 bits per heavy atom. The first kappa shape index (κ1) is 67.1. The summed E-state index contributed by atoms with van der Waals surface area (Å²) in [4.78, 5) is 20.3. The zero-order chi connectivity index (χ0) is 61.9. The van der Waals surface area contributed by atoms with Crippen LogP contribution < -0.4 is 18.3 Å². The maximum atomic E-state index is 5.00. The number of fused-ring (bicyclic) bond motifs is 4. The van der Waals surface area contributed by atoms with Crippen molar-refractivity contribution in [2.75, 3.05) is 0 Å². The average Bonchev–Trinajstić information content (AvgIpc) is 1.66. The van der Waals surface area contributed by atoms with Gasteiger partial charge < -0.3 is 0 Å². The molecule has 8 nitrogen and oxygen atoms in total. The molecule has 0 unspecified atom stereocenters. The van der Waals surface area contributed by atoms with E-state index in [1.54, 1.807) is 45.3 Å². The first-order valence-electron chi connectivity index (χ1n) is 29.7. The molecule has 0 amide bonds. The summed E-state index contributed by atoms with van der Waals surface area (Å²) in [6.07, 6.45) is 0. The molecule has 0 spiro atoms. The van der Waals surface area contributed by atoms with Gasteiger partial charge in [0.25, 0.3) is 4.83 Å². The Hall–Kier alpha value is -9.30. The van der Waals surface area contributed by atoms with Gasteiger partial charge in [-0.2, -0.15) is 4.57 Å². The molecule has 0 fully saturated rings. The van der Waals surface area contributed by atoms with Crippen molar-refractivity contribution in [2.24, 2.45) is 28.2 Å². The first-order chi connectivity index (χ1) is 43.2. The quantitative estimate of drug-likeness (QED) is 0.149. The molecule has 0 saturated carbocycles. The van der Waals surface area contributed by atoms with Crippen LogP contribution in [0.4, 0.5) is 0 Å². The van der Waals surface area contributed by atoms with E-state index in [2.05, 4.69) is 312 Å². The largest absolute Gasteiger partial charge is 0.342 e. The number of benzene rings is 7. The van der Waals surface area contributed by atoms with Gasteiger partial charge in [-0.25, -0.2) is 18.7 Å². The van der Waals surface area contributed by atoms with E-state index < -0.39 is 0 Å². The van der Waals surface area contributed by atoms with Crippen molar-refractivity contribution in [3.05, 3.63) is 263 Å². The van der Waals surface area contributed by atoms with Crippen LogP contribution in [0, 0.1) is 48.5 Å². The number of thiazole rings is 4. The van der Waals surface area contributed by atoms with Crippen molar-refractivity contribution < 1.29 is 18.3 Å². The second-order valence-corrected chi connectivity index (χ2v) is 26.5. The molecule has 15 rings (SSSR count). The van der Waals surface area contributed by atoms with Crippen molar-refractivity contribution in [1.82, 2.24) is 19.9 Å². The smallest absolute Gasteiger partial charge is 0.238 e. The Labute approximate surface area is 559 Å². The van der Waals surface area contributed by atoms with Gasteiger partial charge >= 0.3 is 16.9 Å². The van der Waals surface area contributed by atoms with E-state index in [9.17, 15) is 0 Å². The third-order valence-corrected chi connectivity index (χ3v) is 20.5. The third kappa shape index (κ3) is 13.8. The molecule has 8 aromatic heterocycles. The molecule has 0 N–H and O–H groups in total. The number of rotatable bonds is 7. The summed E-state index contributed by atoms with van der Waals surface area (Å²) in [6.45, 7) is 15.0.